The zero-order valence-corrected chi connectivity index (χ0v) is 23.4. The number of morpholine rings is 1. The first-order valence-electron chi connectivity index (χ1n) is 13.2. The fourth-order valence-corrected chi connectivity index (χ4v) is 5.55. The number of aliphatic carboxylic acids is 1. The molecule has 224 valence electrons. The summed E-state index contributed by atoms with van der Waals surface area (Å²) in [6, 6.07) is 25.9. The minimum Gasteiger partial charge on any atom is -0.475 e. The summed E-state index contributed by atoms with van der Waals surface area (Å²) < 4.78 is 67.2. The van der Waals surface area contributed by atoms with E-state index in [1.165, 1.54) is 5.56 Å². The van der Waals surface area contributed by atoms with Gasteiger partial charge < -0.3 is 14.4 Å². The normalized spacial score (nSPS) is 14.3. The standard InChI is InChI=1S/C27H30N4O3S.C2HF3O2/c32-35(33,20-6-15-30-16-18-34-19-17-30)29-24-13-11-23(12-14-24)27-28-25-9-4-5-10-26(25)31(27)21-22-7-2-1-3-8-22;3-2(4,5)1(6)7/h1-5,7-14,29H,6,15-21H2;(H,6,7). The predicted octanol–water partition coefficient (Wildman–Crippen LogP) is 4.85. The van der Waals surface area contributed by atoms with E-state index in [2.05, 4.69) is 32.4 Å². The number of carboxylic acid groups (broad SMARTS) is 1. The third-order valence-corrected chi connectivity index (χ3v) is 7.86. The van der Waals surface area contributed by atoms with Gasteiger partial charge in [-0.1, -0.05) is 42.5 Å². The summed E-state index contributed by atoms with van der Waals surface area (Å²) in [5.74, 6) is -1.80. The van der Waals surface area contributed by atoms with Gasteiger partial charge in [0.05, 0.1) is 30.0 Å². The van der Waals surface area contributed by atoms with Crippen molar-refractivity contribution in [1.82, 2.24) is 14.5 Å². The summed E-state index contributed by atoms with van der Waals surface area (Å²) in [4.78, 5) is 16.0. The highest BCUT2D eigenvalue weighted by Gasteiger charge is 2.38. The summed E-state index contributed by atoms with van der Waals surface area (Å²) in [7, 11) is -3.41. The van der Waals surface area contributed by atoms with Crippen LogP contribution in [0.25, 0.3) is 22.4 Å². The van der Waals surface area contributed by atoms with Gasteiger partial charge in [-0.25, -0.2) is 18.2 Å². The molecule has 0 aliphatic carbocycles. The maximum Gasteiger partial charge on any atom is 0.490 e. The van der Waals surface area contributed by atoms with Crippen LogP contribution >= 0.6 is 0 Å². The van der Waals surface area contributed by atoms with Crippen LogP contribution in [0.5, 0.6) is 0 Å². The van der Waals surface area contributed by atoms with E-state index < -0.39 is 22.2 Å². The van der Waals surface area contributed by atoms with Crippen LogP contribution in [0.2, 0.25) is 0 Å². The van der Waals surface area contributed by atoms with Crippen molar-refractivity contribution in [3.63, 3.8) is 0 Å². The molecule has 13 heteroatoms. The SMILES string of the molecule is O=C(O)C(F)(F)F.O=S(=O)(CCCN1CCOCC1)Nc1ccc(-c2nc3ccccc3n2Cc2ccccc2)cc1. The van der Waals surface area contributed by atoms with Crippen LogP contribution < -0.4 is 4.72 Å². The summed E-state index contributed by atoms with van der Waals surface area (Å²) in [6.07, 6.45) is -4.49. The van der Waals surface area contributed by atoms with E-state index in [1.54, 1.807) is 12.1 Å². The highest BCUT2D eigenvalue weighted by atomic mass is 32.2. The first kappa shape index (κ1) is 31.0. The van der Waals surface area contributed by atoms with Gasteiger partial charge in [0.1, 0.15) is 5.82 Å². The molecule has 1 fully saturated rings. The number of halogens is 3. The highest BCUT2D eigenvalue weighted by Crippen LogP contribution is 2.27. The molecule has 0 unspecified atom stereocenters. The molecule has 0 bridgehead atoms. The number of fused-ring (bicyclic) bond motifs is 1. The molecule has 1 aliphatic rings. The van der Waals surface area contributed by atoms with E-state index in [-0.39, 0.29) is 5.75 Å². The molecule has 1 aliphatic heterocycles. The van der Waals surface area contributed by atoms with Gasteiger partial charge in [0.2, 0.25) is 10.0 Å². The summed E-state index contributed by atoms with van der Waals surface area (Å²) >= 11 is 0. The number of aromatic nitrogens is 2. The Morgan fingerprint density at radius 2 is 1.57 bits per heavy atom. The molecule has 1 aromatic heterocycles. The number of carbonyl (C=O) groups is 1. The zero-order valence-electron chi connectivity index (χ0n) is 22.6. The van der Waals surface area contributed by atoms with E-state index in [4.69, 9.17) is 19.6 Å². The van der Waals surface area contributed by atoms with Crippen LogP contribution in [0.4, 0.5) is 18.9 Å². The number of nitrogens with zero attached hydrogens (tertiary/aromatic N) is 3. The summed E-state index contributed by atoms with van der Waals surface area (Å²) in [5, 5.41) is 7.12. The van der Waals surface area contributed by atoms with Crippen molar-refractivity contribution in [2.45, 2.75) is 19.1 Å². The van der Waals surface area contributed by atoms with Crippen LogP contribution in [-0.2, 0) is 26.1 Å². The molecule has 4 aromatic rings. The van der Waals surface area contributed by atoms with Crippen molar-refractivity contribution < 1.29 is 36.2 Å². The van der Waals surface area contributed by atoms with Crippen molar-refractivity contribution in [3.8, 4) is 11.4 Å². The molecule has 0 amide bonds. The van der Waals surface area contributed by atoms with Crippen LogP contribution in [0.1, 0.15) is 12.0 Å². The Bertz CT molecular complexity index is 1570. The second kappa shape index (κ2) is 13.8. The molecule has 2 heterocycles. The number of nitrogens with one attached hydrogen (secondary N) is 1. The number of anilines is 1. The second-order valence-electron chi connectivity index (χ2n) is 9.60. The number of carboxylic acids is 1. The van der Waals surface area contributed by atoms with E-state index in [9.17, 15) is 21.6 Å². The molecule has 5 rings (SSSR count). The summed E-state index contributed by atoms with van der Waals surface area (Å²) in [6.45, 7) is 4.63. The van der Waals surface area contributed by atoms with E-state index in [0.29, 0.717) is 18.7 Å². The third kappa shape index (κ3) is 8.78. The maximum absolute atomic E-state index is 12.6. The van der Waals surface area contributed by atoms with Gasteiger partial charge in [0.15, 0.2) is 0 Å². The number of hydrogen-bond donors (Lipinski definition) is 2. The fraction of sp³-hybridized carbons (Fsp3) is 0.310. The fourth-order valence-electron chi connectivity index (χ4n) is 4.44. The van der Waals surface area contributed by atoms with Crippen LogP contribution in [-0.4, -0.2) is 78.7 Å². The first-order chi connectivity index (χ1) is 20.0. The Hall–Kier alpha value is -3.94. The maximum atomic E-state index is 12.6. The van der Waals surface area contributed by atoms with Gasteiger partial charge in [-0.2, -0.15) is 13.2 Å². The van der Waals surface area contributed by atoms with Gasteiger partial charge in [-0.15, -0.1) is 0 Å². The van der Waals surface area contributed by atoms with E-state index >= 15 is 0 Å². The lowest BCUT2D eigenvalue weighted by Crippen LogP contribution is -2.37. The zero-order chi connectivity index (χ0) is 30.2. The molecule has 1 saturated heterocycles. The number of rotatable bonds is 9. The van der Waals surface area contributed by atoms with Gasteiger partial charge in [0, 0.05) is 30.9 Å². The van der Waals surface area contributed by atoms with E-state index in [1.807, 2.05) is 48.5 Å². The highest BCUT2D eigenvalue weighted by molar-refractivity contribution is 7.92. The van der Waals surface area contributed by atoms with Crippen molar-refractivity contribution in [1.29, 1.82) is 0 Å². The molecule has 42 heavy (non-hydrogen) atoms. The molecular weight excluding hydrogens is 573 g/mol. The average molecular weight is 605 g/mol. The van der Waals surface area contributed by atoms with Crippen LogP contribution in [0.3, 0.4) is 0 Å². The number of alkyl halides is 3. The van der Waals surface area contributed by atoms with Crippen LogP contribution in [0.15, 0.2) is 78.9 Å². The second-order valence-corrected chi connectivity index (χ2v) is 11.4. The molecule has 0 radical (unpaired) electrons. The van der Waals surface area contributed by atoms with Gasteiger partial charge >= 0.3 is 12.1 Å². The number of ether oxygens (including phenoxy) is 1. The monoisotopic (exact) mass is 604 g/mol. The average Bonchev–Trinajstić information content (AvgIpc) is 3.32. The number of benzene rings is 3. The molecule has 9 nitrogen and oxygen atoms in total. The summed E-state index contributed by atoms with van der Waals surface area (Å²) in [5.41, 5.74) is 4.69. The lowest BCUT2D eigenvalue weighted by molar-refractivity contribution is -0.192. The number of imidazole rings is 1. The third-order valence-electron chi connectivity index (χ3n) is 6.49. The quantitative estimate of drug-likeness (QED) is 0.281. The van der Waals surface area contributed by atoms with Gasteiger partial charge in [0.25, 0.3) is 0 Å². The van der Waals surface area contributed by atoms with Crippen LogP contribution in [0, 0.1) is 0 Å². The molecule has 0 saturated carbocycles. The topological polar surface area (TPSA) is 114 Å². The van der Waals surface area contributed by atoms with Crippen molar-refractivity contribution in [2.24, 2.45) is 0 Å². The number of sulfonamides is 1. The molecule has 3 aromatic carbocycles. The minimum atomic E-state index is -5.08. The van der Waals surface area contributed by atoms with Crippen molar-refractivity contribution in [2.75, 3.05) is 43.3 Å². The van der Waals surface area contributed by atoms with Gasteiger partial charge in [-0.3, -0.25) is 9.62 Å². The molecule has 2 N–H and O–H groups in total. The minimum absolute atomic E-state index is 0.0962. The van der Waals surface area contributed by atoms with Crippen molar-refractivity contribution >= 4 is 32.7 Å². The Morgan fingerprint density at radius 1 is 0.952 bits per heavy atom. The molecular formula is C29H31F3N4O5S. The Kier molecular flexibility index (Phi) is 10.2. The first-order valence-corrected chi connectivity index (χ1v) is 14.9. The van der Waals surface area contributed by atoms with E-state index in [0.717, 1.165) is 55.3 Å². The van der Waals surface area contributed by atoms with Crippen molar-refractivity contribution in [3.05, 3.63) is 84.4 Å². The Morgan fingerprint density at radius 3 is 2.21 bits per heavy atom. The van der Waals surface area contributed by atoms with Gasteiger partial charge in [-0.05, 0) is 54.9 Å². The molecule has 0 atom stereocenters. The lowest BCUT2D eigenvalue weighted by atomic mass is 10.2. The predicted molar refractivity (Wildman–Crippen MR) is 154 cm³/mol. The Balaban J connectivity index is 0.000000517. The largest absolute Gasteiger partial charge is 0.490 e. The number of para-hydroxylation sites is 2. The molecule has 0 spiro atoms. The smallest absolute Gasteiger partial charge is 0.475 e. The Labute approximate surface area is 241 Å². The lowest BCUT2D eigenvalue weighted by Gasteiger charge is -2.26. The number of hydrogen-bond acceptors (Lipinski definition) is 6.